The van der Waals surface area contributed by atoms with Crippen molar-refractivity contribution in [2.75, 3.05) is 19.7 Å². The van der Waals surface area contributed by atoms with Crippen molar-refractivity contribution in [1.29, 1.82) is 0 Å². The molecule has 0 bridgehead atoms. The van der Waals surface area contributed by atoms with Gasteiger partial charge in [-0.1, -0.05) is 13.8 Å². The molecule has 7 N–H and O–H groups in total. The molecular formula is C13H24N4O6. The van der Waals surface area contributed by atoms with Gasteiger partial charge in [-0.15, -0.1) is 0 Å². The molecule has 2 atom stereocenters. The second-order valence-electron chi connectivity index (χ2n) is 5.37. The third-order valence-corrected chi connectivity index (χ3v) is 2.73. The van der Waals surface area contributed by atoms with Crippen molar-refractivity contribution >= 4 is 23.7 Å². The van der Waals surface area contributed by atoms with Crippen molar-refractivity contribution in [2.24, 2.45) is 11.7 Å². The van der Waals surface area contributed by atoms with Crippen molar-refractivity contribution in [3.63, 3.8) is 0 Å². The third-order valence-electron chi connectivity index (χ3n) is 2.73. The molecule has 3 amide bonds. The number of aliphatic carboxylic acids is 1. The van der Waals surface area contributed by atoms with E-state index in [1.54, 1.807) is 0 Å². The summed E-state index contributed by atoms with van der Waals surface area (Å²) in [4.78, 5) is 45.1. The number of hydrogen-bond donors (Lipinski definition) is 6. The van der Waals surface area contributed by atoms with E-state index in [1.807, 2.05) is 19.2 Å². The van der Waals surface area contributed by atoms with Crippen molar-refractivity contribution in [2.45, 2.75) is 32.4 Å². The van der Waals surface area contributed by atoms with E-state index in [4.69, 9.17) is 15.9 Å². The maximum atomic E-state index is 11.6. The third kappa shape index (κ3) is 9.42. The van der Waals surface area contributed by atoms with Crippen LogP contribution < -0.4 is 21.7 Å². The summed E-state index contributed by atoms with van der Waals surface area (Å²) in [5.41, 5.74) is 5.64. The number of carbonyl (C=O) groups is 4. The van der Waals surface area contributed by atoms with E-state index < -0.39 is 55.5 Å². The number of nitrogens with two attached hydrogens (primary N) is 1. The molecule has 10 heteroatoms. The molecule has 23 heavy (non-hydrogen) atoms. The van der Waals surface area contributed by atoms with Gasteiger partial charge >= 0.3 is 5.97 Å². The number of amides is 3. The quantitative estimate of drug-likeness (QED) is 0.250. The highest BCUT2D eigenvalue weighted by Crippen LogP contribution is 2.02. The highest BCUT2D eigenvalue weighted by atomic mass is 16.4. The SMILES string of the molecule is CC(C)C[C@H](N)C(=O)NCC(=O)N[C@@H](CO)C(=O)NCC(=O)O. The van der Waals surface area contributed by atoms with Gasteiger partial charge in [0.1, 0.15) is 12.6 Å². The van der Waals surface area contributed by atoms with Crippen LogP contribution in [0.3, 0.4) is 0 Å². The largest absolute Gasteiger partial charge is 0.480 e. The van der Waals surface area contributed by atoms with Gasteiger partial charge in [0.15, 0.2) is 0 Å². The first-order chi connectivity index (χ1) is 10.7. The van der Waals surface area contributed by atoms with Gasteiger partial charge in [-0.3, -0.25) is 19.2 Å². The Hall–Kier alpha value is -2.20. The molecular weight excluding hydrogens is 308 g/mol. The zero-order chi connectivity index (χ0) is 18.0. The van der Waals surface area contributed by atoms with Crippen LogP contribution in [0, 0.1) is 5.92 Å². The summed E-state index contributed by atoms with van der Waals surface area (Å²) in [6.45, 7) is 2.06. The Labute approximate surface area is 133 Å². The molecule has 0 aromatic carbocycles. The smallest absolute Gasteiger partial charge is 0.322 e. The molecule has 0 aliphatic rings. The van der Waals surface area contributed by atoms with Crippen LogP contribution in [0.4, 0.5) is 0 Å². The van der Waals surface area contributed by atoms with Crippen molar-refractivity contribution < 1.29 is 29.4 Å². The lowest BCUT2D eigenvalue weighted by molar-refractivity contribution is -0.138. The second kappa shape index (κ2) is 10.5. The minimum absolute atomic E-state index is 0.223. The van der Waals surface area contributed by atoms with Gasteiger partial charge in [-0.05, 0) is 12.3 Å². The fourth-order valence-electron chi connectivity index (χ4n) is 1.64. The second-order valence-corrected chi connectivity index (χ2v) is 5.37. The van der Waals surface area contributed by atoms with Gasteiger partial charge in [0.05, 0.1) is 19.2 Å². The van der Waals surface area contributed by atoms with Gasteiger partial charge in [0, 0.05) is 0 Å². The Kier molecular flexibility index (Phi) is 9.51. The lowest BCUT2D eigenvalue weighted by Crippen LogP contribution is -2.53. The molecule has 0 aromatic rings. The van der Waals surface area contributed by atoms with Gasteiger partial charge in [-0.2, -0.15) is 0 Å². The van der Waals surface area contributed by atoms with Crippen LogP contribution in [0.15, 0.2) is 0 Å². The molecule has 0 spiro atoms. The summed E-state index contributed by atoms with van der Waals surface area (Å²) < 4.78 is 0. The topological polar surface area (TPSA) is 171 Å². The summed E-state index contributed by atoms with van der Waals surface area (Å²) in [6, 6.07) is -2.04. The molecule has 0 rings (SSSR count). The van der Waals surface area contributed by atoms with Crippen LogP contribution >= 0.6 is 0 Å². The number of aliphatic hydroxyl groups is 1. The number of carbonyl (C=O) groups excluding carboxylic acids is 3. The summed E-state index contributed by atoms with van der Waals surface area (Å²) in [7, 11) is 0. The minimum Gasteiger partial charge on any atom is -0.480 e. The fraction of sp³-hybridized carbons (Fsp3) is 0.692. The fourth-order valence-corrected chi connectivity index (χ4v) is 1.64. The zero-order valence-corrected chi connectivity index (χ0v) is 13.2. The molecule has 132 valence electrons. The zero-order valence-electron chi connectivity index (χ0n) is 13.2. The van der Waals surface area contributed by atoms with E-state index in [1.165, 1.54) is 0 Å². The van der Waals surface area contributed by atoms with Crippen LogP contribution in [0.2, 0.25) is 0 Å². The molecule has 0 aliphatic carbocycles. The van der Waals surface area contributed by atoms with Crippen molar-refractivity contribution in [1.82, 2.24) is 16.0 Å². The Bertz CT molecular complexity index is 440. The number of rotatable bonds is 10. The van der Waals surface area contributed by atoms with Crippen LogP contribution in [-0.4, -0.2) is 65.7 Å². The Morgan fingerprint density at radius 2 is 1.61 bits per heavy atom. The first-order valence-corrected chi connectivity index (χ1v) is 7.10. The van der Waals surface area contributed by atoms with Crippen molar-refractivity contribution in [3.8, 4) is 0 Å². The molecule has 0 fully saturated rings. The summed E-state index contributed by atoms with van der Waals surface area (Å²) in [5, 5.41) is 24.0. The van der Waals surface area contributed by atoms with Gasteiger partial charge < -0.3 is 31.9 Å². The molecule has 10 nitrogen and oxygen atoms in total. The monoisotopic (exact) mass is 332 g/mol. The van der Waals surface area contributed by atoms with E-state index >= 15 is 0 Å². The lowest BCUT2D eigenvalue weighted by atomic mass is 10.0. The summed E-state index contributed by atoms with van der Waals surface area (Å²) in [5.74, 6) is -3.08. The van der Waals surface area contributed by atoms with E-state index in [9.17, 15) is 19.2 Å². The van der Waals surface area contributed by atoms with Crippen molar-refractivity contribution in [3.05, 3.63) is 0 Å². The Balaban J connectivity index is 4.27. The summed E-state index contributed by atoms with van der Waals surface area (Å²) in [6.07, 6.45) is 0.463. The van der Waals surface area contributed by atoms with Crippen LogP contribution in [-0.2, 0) is 19.2 Å². The molecule has 0 unspecified atom stereocenters. The Morgan fingerprint density at radius 1 is 1.04 bits per heavy atom. The highest BCUT2D eigenvalue weighted by molar-refractivity contribution is 5.91. The van der Waals surface area contributed by atoms with Gasteiger partial charge in [-0.25, -0.2) is 0 Å². The minimum atomic E-state index is -1.30. The van der Waals surface area contributed by atoms with Crippen LogP contribution in [0.25, 0.3) is 0 Å². The number of aliphatic hydroxyl groups excluding tert-OH is 1. The first-order valence-electron chi connectivity index (χ1n) is 7.10. The number of carboxylic acids is 1. The maximum absolute atomic E-state index is 11.6. The van der Waals surface area contributed by atoms with Crippen LogP contribution in [0.5, 0.6) is 0 Å². The van der Waals surface area contributed by atoms with E-state index in [-0.39, 0.29) is 5.92 Å². The summed E-state index contributed by atoms with van der Waals surface area (Å²) >= 11 is 0. The predicted molar refractivity (Wildman–Crippen MR) is 80.1 cm³/mol. The standard InChI is InChI=1S/C13H24N4O6/c1-7(2)3-8(14)12(22)15-4-10(19)17-9(6-18)13(23)16-5-11(20)21/h7-9,18H,3-6,14H2,1-2H3,(H,15,22)(H,16,23)(H,17,19)(H,20,21)/t8-,9-/m0/s1. The van der Waals surface area contributed by atoms with Gasteiger partial charge in [0.25, 0.3) is 0 Å². The van der Waals surface area contributed by atoms with E-state index in [2.05, 4.69) is 10.6 Å². The molecule has 0 saturated heterocycles. The lowest BCUT2D eigenvalue weighted by Gasteiger charge is -2.17. The average Bonchev–Trinajstić information content (AvgIpc) is 2.46. The molecule has 0 heterocycles. The molecule has 0 saturated carbocycles. The van der Waals surface area contributed by atoms with Crippen LogP contribution in [0.1, 0.15) is 20.3 Å². The molecule has 0 aliphatic heterocycles. The highest BCUT2D eigenvalue weighted by Gasteiger charge is 2.21. The number of carboxylic acid groups (broad SMARTS) is 1. The Morgan fingerprint density at radius 3 is 2.09 bits per heavy atom. The number of hydrogen-bond acceptors (Lipinski definition) is 6. The van der Waals surface area contributed by atoms with Gasteiger partial charge in [0.2, 0.25) is 17.7 Å². The normalized spacial score (nSPS) is 13.1. The van der Waals surface area contributed by atoms with E-state index in [0.29, 0.717) is 6.42 Å². The maximum Gasteiger partial charge on any atom is 0.322 e. The molecule has 0 aromatic heterocycles. The molecule has 0 radical (unpaired) electrons. The number of nitrogens with one attached hydrogen (secondary N) is 3. The first kappa shape index (κ1) is 20.8. The predicted octanol–water partition coefficient (Wildman–Crippen LogP) is -2.85. The average molecular weight is 332 g/mol. The van der Waals surface area contributed by atoms with E-state index in [0.717, 1.165) is 0 Å².